The maximum atomic E-state index is 12.7. The van der Waals surface area contributed by atoms with Gasteiger partial charge in [0.2, 0.25) is 0 Å². The summed E-state index contributed by atoms with van der Waals surface area (Å²) in [5.41, 5.74) is 1.67. The Morgan fingerprint density at radius 2 is 1.81 bits per heavy atom. The molecule has 0 saturated carbocycles. The molecule has 0 spiro atoms. The first kappa shape index (κ1) is 24.9. The Balaban J connectivity index is 2.34. The van der Waals surface area contributed by atoms with Crippen LogP contribution in [0.15, 0.2) is 35.7 Å². The number of carbonyl (C=O) groups is 2. The van der Waals surface area contributed by atoms with Gasteiger partial charge < -0.3 is 25.0 Å². The lowest BCUT2D eigenvalue weighted by atomic mass is 10.0. The molecular weight excluding hydrogens is 438 g/mol. The van der Waals surface area contributed by atoms with Crippen LogP contribution in [0.25, 0.3) is 6.08 Å². The van der Waals surface area contributed by atoms with Crippen LogP contribution in [0.4, 0.5) is 5.69 Å². The van der Waals surface area contributed by atoms with E-state index in [9.17, 15) is 23.1 Å². The molecular formula is C22H25NO8S. The second-order valence-electron chi connectivity index (χ2n) is 6.93. The fourth-order valence-electron chi connectivity index (χ4n) is 2.95. The van der Waals surface area contributed by atoms with E-state index < -0.39 is 21.8 Å². The summed E-state index contributed by atoms with van der Waals surface area (Å²) < 4.78 is 35.8. The molecule has 0 aromatic heterocycles. The summed E-state index contributed by atoms with van der Waals surface area (Å²) in [6.45, 7) is 1.15. The van der Waals surface area contributed by atoms with Crippen LogP contribution in [-0.2, 0) is 27.0 Å². The fraction of sp³-hybridized carbons (Fsp3) is 0.273. The van der Waals surface area contributed by atoms with Gasteiger partial charge in [0.15, 0.2) is 16.1 Å². The largest absolute Gasteiger partial charge is 0.496 e. The summed E-state index contributed by atoms with van der Waals surface area (Å²) in [7, 11) is -0.968. The number of aliphatic hydroxyl groups is 1. The van der Waals surface area contributed by atoms with E-state index in [-0.39, 0.29) is 29.2 Å². The van der Waals surface area contributed by atoms with Crippen molar-refractivity contribution in [2.24, 2.45) is 0 Å². The van der Waals surface area contributed by atoms with Gasteiger partial charge >= 0.3 is 5.97 Å². The normalized spacial score (nSPS) is 12.4. The molecule has 0 radical (unpaired) electrons. The first-order valence-corrected chi connectivity index (χ1v) is 11.2. The minimum absolute atomic E-state index is 0.179. The van der Waals surface area contributed by atoms with Crippen LogP contribution < -0.4 is 14.8 Å². The highest BCUT2D eigenvalue weighted by molar-refractivity contribution is 7.93. The van der Waals surface area contributed by atoms with Gasteiger partial charge in [-0.25, -0.2) is 8.42 Å². The van der Waals surface area contributed by atoms with Crippen LogP contribution in [0.2, 0.25) is 0 Å². The topological polar surface area (TPSA) is 139 Å². The number of nitrogens with one attached hydrogen (secondary N) is 1. The molecule has 3 N–H and O–H groups in total. The third-order valence-corrected chi connectivity index (χ3v) is 5.87. The number of ether oxygens (including phenoxy) is 2. The van der Waals surface area contributed by atoms with Gasteiger partial charge in [0, 0.05) is 16.5 Å². The summed E-state index contributed by atoms with van der Waals surface area (Å²) in [4.78, 5) is 22.6. The zero-order valence-corrected chi connectivity index (χ0v) is 18.7. The zero-order chi connectivity index (χ0) is 23.9. The molecule has 0 bridgehead atoms. The van der Waals surface area contributed by atoms with E-state index in [2.05, 4.69) is 5.32 Å². The van der Waals surface area contributed by atoms with Crippen LogP contribution in [0, 0.1) is 0 Å². The number of anilines is 1. The summed E-state index contributed by atoms with van der Waals surface area (Å²) in [5, 5.41) is 22.2. The second-order valence-corrected chi connectivity index (χ2v) is 8.81. The lowest BCUT2D eigenvalue weighted by molar-refractivity contribution is -0.137. The maximum Gasteiger partial charge on any atom is 0.325 e. The average Bonchev–Trinajstić information content (AvgIpc) is 2.76. The first-order valence-electron chi connectivity index (χ1n) is 9.48. The van der Waals surface area contributed by atoms with E-state index in [0.29, 0.717) is 28.8 Å². The highest BCUT2D eigenvalue weighted by Crippen LogP contribution is 2.29. The van der Waals surface area contributed by atoms with Crippen LogP contribution in [-0.4, -0.2) is 51.1 Å². The molecule has 1 atom stereocenters. The van der Waals surface area contributed by atoms with E-state index in [4.69, 9.17) is 14.6 Å². The van der Waals surface area contributed by atoms with Crippen molar-refractivity contribution in [2.45, 2.75) is 25.3 Å². The fourth-order valence-corrected chi connectivity index (χ4v) is 4.03. The third-order valence-electron chi connectivity index (χ3n) is 4.58. The number of hydrogen-bond donors (Lipinski definition) is 3. The van der Waals surface area contributed by atoms with Crippen molar-refractivity contribution in [1.82, 2.24) is 0 Å². The molecule has 0 amide bonds. The highest BCUT2D eigenvalue weighted by Gasteiger charge is 2.16. The Morgan fingerprint density at radius 1 is 1.12 bits per heavy atom. The number of aliphatic hydroxyl groups excluding tert-OH is 1. The lowest BCUT2D eigenvalue weighted by Crippen LogP contribution is -2.25. The smallest absolute Gasteiger partial charge is 0.325 e. The molecule has 0 saturated heterocycles. The van der Waals surface area contributed by atoms with E-state index in [1.165, 1.54) is 45.4 Å². The summed E-state index contributed by atoms with van der Waals surface area (Å²) in [6.07, 6.45) is 1.83. The predicted octanol–water partition coefficient (Wildman–Crippen LogP) is 2.48. The quantitative estimate of drug-likeness (QED) is 0.429. The molecule has 0 heterocycles. The molecule has 0 aliphatic rings. The van der Waals surface area contributed by atoms with Crippen molar-refractivity contribution in [3.63, 3.8) is 0 Å². The molecule has 172 valence electrons. The van der Waals surface area contributed by atoms with Gasteiger partial charge in [0.25, 0.3) is 0 Å². The molecule has 9 nitrogen and oxygen atoms in total. The molecule has 2 aromatic rings. The van der Waals surface area contributed by atoms with Gasteiger partial charge in [-0.3, -0.25) is 9.59 Å². The standard InChI is InChI=1S/C22H25NO8S/c1-14(22(26)27)23-19-9-15(4-5-20(19)30-2)13-32(28,29)7-6-18-17(12-25)8-16(11-24)10-21(18)31-3/h4-10,12,14,23-24H,11,13H2,1-3H3,(H,26,27)/b7-6+/t14-/m1/s1. The van der Waals surface area contributed by atoms with Crippen LogP contribution in [0.5, 0.6) is 11.5 Å². The van der Waals surface area contributed by atoms with Gasteiger partial charge in [-0.1, -0.05) is 6.07 Å². The number of carboxylic acid groups (broad SMARTS) is 1. The molecule has 0 unspecified atom stereocenters. The summed E-state index contributed by atoms with van der Waals surface area (Å²) in [6, 6.07) is 6.68. The van der Waals surface area contributed by atoms with E-state index in [1.807, 2.05) is 0 Å². The first-order chi connectivity index (χ1) is 15.1. The van der Waals surface area contributed by atoms with Gasteiger partial charge in [-0.2, -0.15) is 0 Å². The number of benzene rings is 2. The number of carbonyl (C=O) groups excluding carboxylic acids is 1. The monoisotopic (exact) mass is 463 g/mol. The molecule has 2 aromatic carbocycles. The minimum Gasteiger partial charge on any atom is -0.496 e. The van der Waals surface area contributed by atoms with E-state index in [1.54, 1.807) is 12.1 Å². The number of sulfone groups is 1. The number of hydrogen-bond acceptors (Lipinski definition) is 8. The van der Waals surface area contributed by atoms with E-state index >= 15 is 0 Å². The van der Waals surface area contributed by atoms with Crippen molar-refractivity contribution < 1.29 is 37.7 Å². The SMILES string of the molecule is COc1ccc(CS(=O)(=O)/C=C/c2c(C=O)cc(CO)cc2OC)cc1N[C@H](C)C(=O)O. The maximum absolute atomic E-state index is 12.7. The van der Waals surface area contributed by atoms with Crippen LogP contribution >= 0.6 is 0 Å². The summed E-state index contributed by atoms with van der Waals surface area (Å²) >= 11 is 0. The highest BCUT2D eigenvalue weighted by atomic mass is 32.2. The molecule has 0 aliphatic heterocycles. The molecule has 0 fully saturated rings. The Bertz CT molecular complexity index is 1120. The number of aldehydes is 1. The molecule has 10 heteroatoms. The second kappa shape index (κ2) is 10.8. The molecule has 2 rings (SSSR count). The minimum atomic E-state index is -3.77. The Hall–Kier alpha value is -3.37. The van der Waals surface area contributed by atoms with Crippen molar-refractivity contribution in [1.29, 1.82) is 0 Å². The van der Waals surface area contributed by atoms with Crippen molar-refractivity contribution in [3.05, 3.63) is 58.0 Å². The number of methoxy groups -OCH3 is 2. The van der Waals surface area contributed by atoms with Gasteiger partial charge in [-0.15, -0.1) is 0 Å². The molecule has 32 heavy (non-hydrogen) atoms. The average molecular weight is 464 g/mol. The lowest BCUT2D eigenvalue weighted by Gasteiger charge is -2.15. The number of rotatable bonds is 11. The molecule has 0 aliphatic carbocycles. The number of carboxylic acids is 1. The van der Waals surface area contributed by atoms with Gasteiger partial charge in [0.05, 0.1) is 32.3 Å². The van der Waals surface area contributed by atoms with Gasteiger partial charge in [-0.05, 0) is 48.4 Å². The van der Waals surface area contributed by atoms with Crippen LogP contribution in [0.3, 0.4) is 0 Å². The number of aliphatic carboxylic acids is 1. The zero-order valence-electron chi connectivity index (χ0n) is 17.9. The van der Waals surface area contributed by atoms with Gasteiger partial charge in [0.1, 0.15) is 17.5 Å². The van der Waals surface area contributed by atoms with Crippen molar-refractivity contribution in [2.75, 3.05) is 19.5 Å². The predicted molar refractivity (Wildman–Crippen MR) is 120 cm³/mol. The van der Waals surface area contributed by atoms with E-state index in [0.717, 1.165) is 5.41 Å². The van der Waals surface area contributed by atoms with Crippen molar-refractivity contribution in [3.8, 4) is 11.5 Å². The summed E-state index contributed by atoms with van der Waals surface area (Å²) in [5.74, 6) is -0.806. The third kappa shape index (κ3) is 6.32. The Morgan fingerprint density at radius 3 is 2.38 bits per heavy atom. The van der Waals surface area contributed by atoms with Crippen molar-refractivity contribution >= 4 is 33.9 Å². The Labute approximate surface area is 186 Å². The Kier molecular flexibility index (Phi) is 8.39. The van der Waals surface area contributed by atoms with Crippen LogP contribution in [0.1, 0.15) is 34.0 Å².